The zero-order valence-electron chi connectivity index (χ0n) is 11.8. The summed E-state index contributed by atoms with van der Waals surface area (Å²) in [5.74, 6) is 0.820. The molecule has 2 aromatic carbocycles. The fraction of sp³-hybridized carbons (Fsp3) is 0.294. The lowest BCUT2D eigenvalue weighted by atomic mass is 10.1. The summed E-state index contributed by atoms with van der Waals surface area (Å²) >= 11 is 0. The van der Waals surface area contributed by atoms with Crippen molar-refractivity contribution in [3.05, 3.63) is 64.7 Å². The average Bonchev–Trinajstić information content (AvgIpc) is 2.46. The van der Waals surface area contributed by atoms with Crippen LogP contribution < -0.4 is 4.74 Å². The van der Waals surface area contributed by atoms with Gasteiger partial charge in [-0.25, -0.2) is 0 Å². The Morgan fingerprint density at radius 3 is 2.25 bits per heavy atom. The first-order valence-corrected chi connectivity index (χ1v) is 6.70. The second-order valence-electron chi connectivity index (χ2n) is 4.96. The molecule has 106 valence electrons. The van der Waals surface area contributed by atoms with Crippen LogP contribution in [-0.2, 0) is 13.2 Å². The number of aliphatic hydroxyl groups excluding tert-OH is 2. The quantitative estimate of drug-likeness (QED) is 0.879. The highest BCUT2D eigenvalue weighted by Crippen LogP contribution is 2.23. The summed E-state index contributed by atoms with van der Waals surface area (Å²) in [6.07, 6.45) is -0.464. The SMILES string of the molecule is Cc1cc([C@@H](C)O)ccc1OCc1ccc(CO)cc1. The molecule has 0 bridgehead atoms. The van der Waals surface area contributed by atoms with Gasteiger partial charge in [0.1, 0.15) is 12.4 Å². The van der Waals surface area contributed by atoms with E-state index in [1.165, 1.54) is 0 Å². The van der Waals surface area contributed by atoms with Gasteiger partial charge in [-0.1, -0.05) is 30.3 Å². The van der Waals surface area contributed by atoms with E-state index in [0.717, 1.165) is 28.0 Å². The van der Waals surface area contributed by atoms with E-state index < -0.39 is 6.10 Å². The topological polar surface area (TPSA) is 49.7 Å². The molecule has 0 aliphatic rings. The molecule has 0 saturated carbocycles. The predicted octanol–water partition coefficient (Wildman–Crippen LogP) is 3.12. The molecule has 2 N–H and O–H groups in total. The highest BCUT2D eigenvalue weighted by molar-refractivity contribution is 5.37. The largest absolute Gasteiger partial charge is 0.489 e. The van der Waals surface area contributed by atoms with Crippen molar-refractivity contribution in [1.29, 1.82) is 0 Å². The predicted molar refractivity (Wildman–Crippen MR) is 78.5 cm³/mol. The van der Waals surface area contributed by atoms with Crippen molar-refractivity contribution in [2.45, 2.75) is 33.2 Å². The molecule has 2 aromatic rings. The normalized spacial score (nSPS) is 12.2. The van der Waals surface area contributed by atoms with E-state index in [1.54, 1.807) is 6.92 Å². The highest BCUT2D eigenvalue weighted by atomic mass is 16.5. The number of hydrogen-bond donors (Lipinski definition) is 2. The molecule has 0 amide bonds. The van der Waals surface area contributed by atoms with E-state index >= 15 is 0 Å². The Bertz CT molecular complexity index is 559. The minimum absolute atomic E-state index is 0.0566. The number of hydrogen-bond acceptors (Lipinski definition) is 3. The molecule has 0 aliphatic carbocycles. The first-order valence-electron chi connectivity index (χ1n) is 6.70. The van der Waals surface area contributed by atoms with E-state index in [2.05, 4.69) is 0 Å². The van der Waals surface area contributed by atoms with E-state index in [-0.39, 0.29) is 6.61 Å². The first-order chi connectivity index (χ1) is 9.60. The second-order valence-corrected chi connectivity index (χ2v) is 4.96. The van der Waals surface area contributed by atoms with Crippen LogP contribution in [0.25, 0.3) is 0 Å². The zero-order chi connectivity index (χ0) is 14.5. The van der Waals surface area contributed by atoms with E-state index in [0.29, 0.717) is 6.61 Å². The smallest absolute Gasteiger partial charge is 0.122 e. The van der Waals surface area contributed by atoms with Gasteiger partial charge in [-0.3, -0.25) is 0 Å². The minimum Gasteiger partial charge on any atom is -0.489 e. The van der Waals surface area contributed by atoms with E-state index in [9.17, 15) is 5.11 Å². The molecular weight excluding hydrogens is 252 g/mol. The Balaban J connectivity index is 2.03. The molecule has 0 saturated heterocycles. The Kier molecular flexibility index (Phi) is 4.77. The number of rotatable bonds is 5. The molecular formula is C17H20O3. The molecule has 0 unspecified atom stereocenters. The van der Waals surface area contributed by atoms with Gasteiger partial charge in [-0.2, -0.15) is 0 Å². The summed E-state index contributed by atoms with van der Waals surface area (Å²) in [6.45, 7) is 4.26. The van der Waals surface area contributed by atoms with Crippen molar-refractivity contribution in [3.63, 3.8) is 0 Å². The molecule has 3 heteroatoms. The van der Waals surface area contributed by atoms with Crippen LogP contribution in [0, 0.1) is 6.92 Å². The van der Waals surface area contributed by atoms with Crippen molar-refractivity contribution in [2.75, 3.05) is 0 Å². The van der Waals surface area contributed by atoms with Crippen molar-refractivity contribution in [3.8, 4) is 5.75 Å². The van der Waals surface area contributed by atoms with E-state index in [1.807, 2.05) is 49.4 Å². The van der Waals surface area contributed by atoms with Crippen LogP contribution in [0.4, 0.5) is 0 Å². The molecule has 0 fully saturated rings. The van der Waals surface area contributed by atoms with Crippen molar-refractivity contribution in [2.24, 2.45) is 0 Å². The Labute approximate surface area is 119 Å². The Morgan fingerprint density at radius 2 is 1.70 bits per heavy atom. The maximum atomic E-state index is 9.54. The summed E-state index contributed by atoms with van der Waals surface area (Å²) in [7, 11) is 0. The Morgan fingerprint density at radius 1 is 1.05 bits per heavy atom. The second kappa shape index (κ2) is 6.55. The van der Waals surface area contributed by atoms with Crippen LogP contribution in [0.3, 0.4) is 0 Å². The molecule has 0 spiro atoms. The van der Waals surface area contributed by atoms with Crippen molar-refractivity contribution >= 4 is 0 Å². The van der Waals surface area contributed by atoms with Crippen molar-refractivity contribution in [1.82, 2.24) is 0 Å². The number of benzene rings is 2. The summed E-state index contributed by atoms with van der Waals surface area (Å²) in [5.41, 5.74) is 3.85. The maximum absolute atomic E-state index is 9.54. The third-order valence-corrected chi connectivity index (χ3v) is 3.28. The third kappa shape index (κ3) is 3.59. The average molecular weight is 272 g/mol. The van der Waals surface area contributed by atoms with Gasteiger partial charge in [-0.15, -0.1) is 0 Å². The van der Waals surface area contributed by atoms with Gasteiger partial charge in [0.25, 0.3) is 0 Å². The van der Waals surface area contributed by atoms with Crippen LogP contribution in [-0.4, -0.2) is 10.2 Å². The van der Waals surface area contributed by atoms with E-state index in [4.69, 9.17) is 9.84 Å². The number of aliphatic hydroxyl groups is 2. The summed E-state index contributed by atoms with van der Waals surface area (Å²) in [4.78, 5) is 0. The summed E-state index contributed by atoms with van der Waals surface area (Å²) < 4.78 is 5.79. The van der Waals surface area contributed by atoms with Gasteiger partial charge in [0.05, 0.1) is 12.7 Å². The maximum Gasteiger partial charge on any atom is 0.122 e. The molecule has 0 aliphatic heterocycles. The van der Waals surface area contributed by atoms with Crippen molar-refractivity contribution < 1.29 is 14.9 Å². The lowest BCUT2D eigenvalue weighted by molar-refractivity contribution is 0.199. The van der Waals surface area contributed by atoms with Gasteiger partial charge >= 0.3 is 0 Å². The van der Waals surface area contributed by atoms with Crippen LogP contribution in [0.2, 0.25) is 0 Å². The van der Waals surface area contributed by atoms with Gasteiger partial charge in [0, 0.05) is 0 Å². The van der Waals surface area contributed by atoms with Crippen LogP contribution in [0.15, 0.2) is 42.5 Å². The summed E-state index contributed by atoms with van der Waals surface area (Å²) in [6, 6.07) is 13.4. The summed E-state index contributed by atoms with van der Waals surface area (Å²) in [5, 5.41) is 18.5. The van der Waals surface area contributed by atoms with Gasteiger partial charge in [0.15, 0.2) is 0 Å². The van der Waals surface area contributed by atoms with Crippen LogP contribution in [0.5, 0.6) is 5.75 Å². The van der Waals surface area contributed by atoms with Crippen LogP contribution >= 0.6 is 0 Å². The fourth-order valence-electron chi connectivity index (χ4n) is 2.00. The number of ether oxygens (including phenoxy) is 1. The first kappa shape index (κ1) is 14.6. The molecule has 1 atom stereocenters. The molecule has 0 radical (unpaired) electrons. The highest BCUT2D eigenvalue weighted by Gasteiger charge is 2.05. The third-order valence-electron chi connectivity index (χ3n) is 3.28. The molecule has 2 rings (SSSR count). The lowest BCUT2D eigenvalue weighted by Crippen LogP contribution is -1.99. The standard InChI is InChI=1S/C17H20O3/c1-12-9-16(13(2)19)7-8-17(12)20-11-15-5-3-14(10-18)4-6-15/h3-9,13,18-19H,10-11H2,1-2H3/t13-/m1/s1. The molecule has 20 heavy (non-hydrogen) atoms. The molecule has 0 heterocycles. The van der Waals surface area contributed by atoms with Gasteiger partial charge in [-0.05, 0) is 48.2 Å². The molecule has 0 aromatic heterocycles. The fourth-order valence-corrected chi connectivity index (χ4v) is 2.00. The lowest BCUT2D eigenvalue weighted by Gasteiger charge is -2.12. The Hall–Kier alpha value is -1.84. The minimum atomic E-state index is -0.464. The molecule has 3 nitrogen and oxygen atoms in total. The zero-order valence-corrected chi connectivity index (χ0v) is 11.8. The van der Waals surface area contributed by atoms with Crippen LogP contribution in [0.1, 0.15) is 35.3 Å². The monoisotopic (exact) mass is 272 g/mol. The van der Waals surface area contributed by atoms with Gasteiger partial charge in [0.2, 0.25) is 0 Å². The number of aryl methyl sites for hydroxylation is 1. The van der Waals surface area contributed by atoms with Gasteiger partial charge < -0.3 is 14.9 Å².